The van der Waals surface area contributed by atoms with E-state index in [1.807, 2.05) is 0 Å². The van der Waals surface area contributed by atoms with Crippen molar-refractivity contribution in [3.8, 4) is 0 Å². The van der Waals surface area contributed by atoms with Gasteiger partial charge in [0.1, 0.15) is 0 Å². The van der Waals surface area contributed by atoms with Crippen LogP contribution < -0.4 is 4.73 Å². The summed E-state index contributed by atoms with van der Waals surface area (Å²) in [6.07, 6.45) is -3.46. The molecule has 0 saturated carbocycles. The Morgan fingerprint density at radius 2 is 2.12 bits per heavy atom. The summed E-state index contributed by atoms with van der Waals surface area (Å²) < 4.78 is 37.7. The number of aromatic nitrogens is 1. The smallest absolute Gasteiger partial charge is 0.417 e. The Morgan fingerprint density at radius 1 is 1.50 bits per heavy atom. The van der Waals surface area contributed by atoms with Crippen LogP contribution in [0.4, 0.5) is 13.2 Å². The SMILES string of the molecule is N=C(CO)Cc1c[n+]([O-])ccc1C(F)(F)F. The number of nitrogens with zero attached hydrogens (tertiary/aromatic N) is 1. The molecule has 16 heavy (non-hydrogen) atoms. The summed E-state index contributed by atoms with van der Waals surface area (Å²) in [5.74, 6) is 0. The Kier molecular flexibility index (Phi) is 3.48. The average molecular weight is 234 g/mol. The number of hydrogen-bond acceptors (Lipinski definition) is 3. The second-order valence-corrected chi connectivity index (χ2v) is 3.18. The fraction of sp³-hybridized carbons (Fsp3) is 0.333. The van der Waals surface area contributed by atoms with Crippen LogP contribution in [0.5, 0.6) is 0 Å². The van der Waals surface area contributed by atoms with E-state index in [-0.39, 0.29) is 16.0 Å². The van der Waals surface area contributed by atoms with Gasteiger partial charge in [0.2, 0.25) is 0 Å². The summed E-state index contributed by atoms with van der Waals surface area (Å²) in [5, 5.41) is 26.5. The first kappa shape index (κ1) is 12.4. The van der Waals surface area contributed by atoms with Crippen molar-refractivity contribution < 1.29 is 23.0 Å². The molecule has 4 nitrogen and oxygen atoms in total. The van der Waals surface area contributed by atoms with Crippen LogP contribution in [0.2, 0.25) is 0 Å². The van der Waals surface area contributed by atoms with E-state index in [0.29, 0.717) is 6.07 Å². The van der Waals surface area contributed by atoms with E-state index in [1.54, 1.807) is 0 Å². The number of aliphatic hydroxyl groups is 1. The quantitative estimate of drug-likeness (QED) is 0.463. The lowest BCUT2D eigenvalue weighted by Gasteiger charge is -2.11. The standard InChI is InChI=1S/C9H9F3N2O2/c10-9(11,12)8-1-2-14(16)4-6(8)3-7(13)5-15/h1-2,4,13,15H,3,5H2. The summed E-state index contributed by atoms with van der Waals surface area (Å²) in [5.41, 5.74) is -1.56. The van der Waals surface area contributed by atoms with Gasteiger partial charge in [0, 0.05) is 23.8 Å². The number of nitrogens with one attached hydrogen (secondary N) is 1. The van der Waals surface area contributed by atoms with Crippen LogP contribution in [0.15, 0.2) is 18.5 Å². The molecule has 0 saturated heterocycles. The summed E-state index contributed by atoms with van der Waals surface area (Å²) in [7, 11) is 0. The molecule has 0 aromatic carbocycles. The summed E-state index contributed by atoms with van der Waals surface area (Å²) in [4.78, 5) is 0. The predicted molar refractivity (Wildman–Crippen MR) is 48.9 cm³/mol. The van der Waals surface area contributed by atoms with Crippen molar-refractivity contribution in [2.24, 2.45) is 0 Å². The molecule has 0 bridgehead atoms. The van der Waals surface area contributed by atoms with Gasteiger partial charge in [-0.15, -0.1) is 0 Å². The molecule has 0 spiro atoms. The maximum Gasteiger partial charge on any atom is 0.417 e. The Morgan fingerprint density at radius 3 is 2.62 bits per heavy atom. The molecule has 0 unspecified atom stereocenters. The molecular formula is C9H9F3N2O2. The molecule has 0 radical (unpaired) electrons. The largest absolute Gasteiger partial charge is 0.619 e. The van der Waals surface area contributed by atoms with Crippen LogP contribution in [0.1, 0.15) is 11.1 Å². The molecule has 1 heterocycles. The van der Waals surface area contributed by atoms with Crippen molar-refractivity contribution in [3.05, 3.63) is 34.8 Å². The summed E-state index contributed by atoms with van der Waals surface area (Å²) in [6, 6.07) is 0.660. The highest BCUT2D eigenvalue weighted by Gasteiger charge is 2.34. The Balaban J connectivity index is 3.13. The number of pyridine rings is 1. The second-order valence-electron chi connectivity index (χ2n) is 3.18. The Bertz CT molecular complexity index is 404. The van der Waals surface area contributed by atoms with Crippen molar-refractivity contribution in [3.63, 3.8) is 0 Å². The van der Waals surface area contributed by atoms with E-state index in [9.17, 15) is 18.4 Å². The number of aliphatic hydroxyl groups excluding tert-OH is 1. The molecule has 0 aliphatic heterocycles. The third-order valence-electron chi connectivity index (χ3n) is 1.92. The molecule has 2 N–H and O–H groups in total. The van der Waals surface area contributed by atoms with E-state index >= 15 is 0 Å². The van der Waals surface area contributed by atoms with E-state index in [1.165, 1.54) is 0 Å². The van der Waals surface area contributed by atoms with Crippen LogP contribution >= 0.6 is 0 Å². The van der Waals surface area contributed by atoms with E-state index in [4.69, 9.17) is 10.5 Å². The average Bonchev–Trinajstić information content (AvgIpc) is 2.15. The minimum Gasteiger partial charge on any atom is -0.619 e. The molecule has 0 fully saturated rings. The van der Waals surface area contributed by atoms with Crippen LogP contribution in [0.25, 0.3) is 0 Å². The predicted octanol–water partition coefficient (Wildman–Crippen LogP) is 0.893. The first-order valence-electron chi connectivity index (χ1n) is 4.30. The molecular weight excluding hydrogens is 225 g/mol. The van der Waals surface area contributed by atoms with Crippen LogP contribution in [-0.4, -0.2) is 17.4 Å². The van der Waals surface area contributed by atoms with Crippen LogP contribution in [-0.2, 0) is 12.6 Å². The number of alkyl halides is 3. The molecule has 1 rings (SSSR count). The topological polar surface area (TPSA) is 71.0 Å². The van der Waals surface area contributed by atoms with Gasteiger partial charge >= 0.3 is 6.18 Å². The van der Waals surface area contributed by atoms with E-state index in [0.717, 1.165) is 12.4 Å². The number of halogens is 3. The number of rotatable bonds is 3. The van der Waals surface area contributed by atoms with Gasteiger partial charge in [-0.25, -0.2) is 0 Å². The highest BCUT2D eigenvalue weighted by Crippen LogP contribution is 2.31. The fourth-order valence-electron chi connectivity index (χ4n) is 1.22. The lowest BCUT2D eigenvalue weighted by molar-refractivity contribution is -0.606. The maximum atomic E-state index is 12.5. The van der Waals surface area contributed by atoms with Gasteiger partial charge in [-0.3, -0.25) is 0 Å². The molecule has 1 aromatic rings. The summed E-state index contributed by atoms with van der Waals surface area (Å²) in [6.45, 7) is -0.634. The molecule has 0 aliphatic rings. The molecule has 88 valence electrons. The van der Waals surface area contributed by atoms with Crippen molar-refractivity contribution in [2.75, 3.05) is 6.61 Å². The first-order valence-corrected chi connectivity index (χ1v) is 4.30. The van der Waals surface area contributed by atoms with Crippen molar-refractivity contribution >= 4 is 5.71 Å². The minimum atomic E-state index is -4.57. The summed E-state index contributed by atoms with van der Waals surface area (Å²) >= 11 is 0. The zero-order chi connectivity index (χ0) is 12.3. The van der Waals surface area contributed by atoms with Gasteiger partial charge in [0.05, 0.1) is 12.2 Å². The van der Waals surface area contributed by atoms with Crippen molar-refractivity contribution in [2.45, 2.75) is 12.6 Å². The van der Waals surface area contributed by atoms with Crippen molar-refractivity contribution in [1.29, 1.82) is 5.41 Å². The fourth-order valence-corrected chi connectivity index (χ4v) is 1.22. The second kappa shape index (κ2) is 4.48. The molecule has 1 aromatic heterocycles. The van der Waals surface area contributed by atoms with Gasteiger partial charge in [0.15, 0.2) is 12.4 Å². The van der Waals surface area contributed by atoms with E-state index < -0.39 is 24.8 Å². The zero-order valence-electron chi connectivity index (χ0n) is 8.08. The van der Waals surface area contributed by atoms with E-state index in [2.05, 4.69) is 0 Å². The minimum absolute atomic E-state index is 0.231. The van der Waals surface area contributed by atoms with Crippen LogP contribution in [0.3, 0.4) is 0 Å². The lowest BCUT2D eigenvalue weighted by Crippen LogP contribution is -2.28. The van der Waals surface area contributed by atoms with Gasteiger partial charge in [-0.1, -0.05) is 0 Å². The number of hydrogen-bond donors (Lipinski definition) is 2. The first-order chi connectivity index (χ1) is 7.34. The lowest BCUT2D eigenvalue weighted by atomic mass is 10.0. The third-order valence-corrected chi connectivity index (χ3v) is 1.92. The van der Waals surface area contributed by atoms with Gasteiger partial charge in [-0.05, 0) is 0 Å². The Labute approximate surface area is 89.0 Å². The molecule has 0 atom stereocenters. The molecule has 7 heteroatoms. The van der Waals surface area contributed by atoms with Gasteiger partial charge < -0.3 is 15.7 Å². The zero-order valence-corrected chi connectivity index (χ0v) is 8.08. The Hall–Kier alpha value is -1.63. The third kappa shape index (κ3) is 2.93. The van der Waals surface area contributed by atoms with Crippen molar-refractivity contribution in [1.82, 2.24) is 0 Å². The maximum absolute atomic E-state index is 12.5. The molecule has 0 aliphatic carbocycles. The van der Waals surface area contributed by atoms with Gasteiger partial charge in [-0.2, -0.15) is 17.9 Å². The van der Waals surface area contributed by atoms with Crippen LogP contribution in [0, 0.1) is 10.6 Å². The highest BCUT2D eigenvalue weighted by atomic mass is 19.4. The monoisotopic (exact) mass is 234 g/mol. The highest BCUT2D eigenvalue weighted by molar-refractivity contribution is 5.84. The van der Waals surface area contributed by atoms with Gasteiger partial charge in [0.25, 0.3) is 0 Å². The normalized spacial score (nSPS) is 11.5. The molecule has 0 amide bonds.